The fourth-order valence-electron chi connectivity index (χ4n) is 2.30. The first kappa shape index (κ1) is 16.3. The number of methoxy groups -OCH3 is 1. The van der Waals surface area contributed by atoms with Crippen LogP contribution in [-0.2, 0) is 6.42 Å². The number of halogens is 2. The van der Waals surface area contributed by atoms with Crippen LogP contribution in [0.2, 0.25) is 5.02 Å². The number of aromatic nitrogens is 1. The van der Waals surface area contributed by atoms with E-state index >= 15 is 0 Å². The molecule has 3 nitrogen and oxygen atoms in total. The topological polar surface area (TPSA) is 34.2 Å². The number of hydrogen-bond acceptors (Lipinski definition) is 3. The zero-order chi connectivity index (χ0) is 15.2. The van der Waals surface area contributed by atoms with Gasteiger partial charge in [0.05, 0.1) is 12.1 Å². The van der Waals surface area contributed by atoms with E-state index in [2.05, 4.69) is 39.2 Å². The SMILES string of the molecule is CCNC(Cc1ccncc1Cl)c1ccc(Br)cc1OC. The molecule has 0 aliphatic heterocycles. The van der Waals surface area contributed by atoms with Crippen LogP contribution in [0, 0.1) is 0 Å². The summed E-state index contributed by atoms with van der Waals surface area (Å²) in [6.07, 6.45) is 4.23. The quantitative estimate of drug-likeness (QED) is 0.819. The van der Waals surface area contributed by atoms with Crippen molar-refractivity contribution in [2.24, 2.45) is 0 Å². The average Bonchev–Trinajstić information content (AvgIpc) is 2.49. The summed E-state index contributed by atoms with van der Waals surface area (Å²) in [7, 11) is 1.69. The maximum absolute atomic E-state index is 6.23. The predicted molar refractivity (Wildman–Crippen MR) is 90.1 cm³/mol. The molecule has 0 aliphatic carbocycles. The number of ether oxygens (including phenoxy) is 1. The lowest BCUT2D eigenvalue weighted by Gasteiger charge is -2.21. The van der Waals surface area contributed by atoms with Crippen LogP contribution in [0.4, 0.5) is 0 Å². The van der Waals surface area contributed by atoms with Crippen LogP contribution in [0.25, 0.3) is 0 Å². The molecular formula is C16H18BrClN2O. The molecule has 0 spiro atoms. The highest BCUT2D eigenvalue weighted by Crippen LogP contribution is 2.31. The Hall–Kier alpha value is -1.10. The van der Waals surface area contributed by atoms with E-state index in [1.165, 1.54) is 0 Å². The van der Waals surface area contributed by atoms with Gasteiger partial charge in [0.1, 0.15) is 5.75 Å². The summed E-state index contributed by atoms with van der Waals surface area (Å²) in [6, 6.07) is 8.17. The normalized spacial score (nSPS) is 12.2. The van der Waals surface area contributed by atoms with E-state index in [0.717, 1.165) is 34.3 Å². The molecule has 1 N–H and O–H groups in total. The van der Waals surface area contributed by atoms with Crippen molar-refractivity contribution in [2.45, 2.75) is 19.4 Å². The molecule has 0 aliphatic rings. The van der Waals surface area contributed by atoms with E-state index in [1.54, 1.807) is 19.5 Å². The minimum Gasteiger partial charge on any atom is -0.496 e. The van der Waals surface area contributed by atoms with Crippen molar-refractivity contribution in [3.8, 4) is 5.75 Å². The van der Waals surface area contributed by atoms with Crippen LogP contribution in [0.5, 0.6) is 5.75 Å². The molecule has 2 aromatic rings. The third-order valence-corrected chi connectivity index (χ3v) is 4.14. The smallest absolute Gasteiger partial charge is 0.124 e. The van der Waals surface area contributed by atoms with E-state index < -0.39 is 0 Å². The monoisotopic (exact) mass is 368 g/mol. The summed E-state index contributed by atoms with van der Waals surface area (Å²) in [5.74, 6) is 0.862. The van der Waals surface area contributed by atoms with Crippen molar-refractivity contribution in [1.82, 2.24) is 10.3 Å². The average molecular weight is 370 g/mol. The van der Waals surface area contributed by atoms with Gasteiger partial charge in [-0.1, -0.05) is 40.5 Å². The van der Waals surface area contributed by atoms with Crippen molar-refractivity contribution in [3.05, 3.63) is 57.3 Å². The summed E-state index contributed by atoms with van der Waals surface area (Å²) in [4.78, 5) is 4.03. The van der Waals surface area contributed by atoms with Gasteiger partial charge in [0.25, 0.3) is 0 Å². The highest BCUT2D eigenvalue weighted by atomic mass is 79.9. The molecule has 1 heterocycles. The van der Waals surface area contributed by atoms with Crippen molar-refractivity contribution in [3.63, 3.8) is 0 Å². The van der Waals surface area contributed by atoms with E-state index in [4.69, 9.17) is 16.3 Å². The van der Waals surface area contributed by atoms with Gasteiger partial charge < -0.3 is 10.1 Å². The zero-order valence-corrected chi connectivity index (χ0v) is 14.4. The van der Waals surface area contributed by atoms with Crippen molar-refractivity contribution in [2.75, 3.05) is 13.7 Å². The molecule has 2 rings (SSSR count). The van der Waals surface area contributed by atoms with Gasteiger partial charge in [0.2, 0.25) is 0 Å². The van der Waals surface area contributed by atoms with Crippen molar-refractivity contribution >= 4 is 27.5 Å². The Morgan fingerprint density at radius 3 is 2.86 bits per heavy atom. The molecule has 1 aromatic carbocycles. The molecule has 0 saturated heterocycles. The van der Waals surface area contributed by atoms with Gasteiger partial charge in [0.15, 0.2) is 0 Å². The zero-order valence-electron chi connectivity index (χ0n) is 12.1. The van der Waals surface area contributed by atoms with Crippen LogP contribution in [-0.4, -0.2) is 18.6 Å². The summed E-state index contributed by atoms with van der Waals surface area (Å²) < 4.78 is 6.51. The minimum atomic E-state index is 0.137. The number of hydrogen-bond donors (Lipinski definition) is 1. The fourth-order valence-corrected chi connectivity index (χ4v) is 2.84. The number of nitrogens with one attached hydrogen (secondary N) is 1. The molecule has 1 aromatic heterocycles. The molecule has 112 valence electrons. The number of benzene rings is 1. The Kier molecular flexibility index (Phi) is 6.03. The van der Waals surface area contributed by atoms with Gasteiger partial charge in [-0.05, 0) is 36.7 Å². The third-order valence-electron chi connectivity index (χ3n) is 3.30. The summed E-state index contributed by atoms with van der Waals surface area (Å²) in [5, 5.41) is 4.19. The molecule has 21 heavy (non-hydrogen) atoms. The summed E-state index contributed by atoms with van der Waals surface area (Å²) >= 11 is 9.70. The van der Waals surface area contributed by atoms with E-state index in [1.807, 2.05) is 18.2 Å². The van der Waals surface area contributed by atoms with E-state index in [-0.39, 0.29) is 6.04 Å². The maximum atomic E-state index is 6.23. The maximum Gasteiger partial charge on any atom is 0.124 e. The van der Waals surface area contributed by atoms with Crippen molar-refractivity contribution in [1.29, 1.82) is 0 Å². The fraction of sp³-hybridized carbons (Fsp3) is 0.312. The summed E-state index contributed by atoms with van der Waals surface area (Å²) in [5.41, 5.74) is 2.19. The number of likely N-dealkylation sites (N-methyl/N-ethyl adjacent to an activating group) is 1. The van der Waals surface area contributed by atoms with Crippen LogP contribution in [0.1, 0.15) is 24.1 Å². The molecule has 0 amide bonds. The molecule has 0 fully saturated rings. The van der Waals surface area contributed by atoms with Gasteiger partial charge in [-0.15, -0.1) is 0 Å². The molecule has 5 heteroatoms. The minimum absolute atomic E-state index is 0.137. The molecular weight excluding hydrogens is 352 g/mol. The number of nitrogens with zero attached hydrogens (tertiary/aromatic N) is 1. The lowest BCUT2D eigenvalue weighted by atomic mass is 9.98. The molecule has 0 radical (unpaired) electrons. The Labute approximate surface area is 138 Å². The van der Waals surface area contributed by atoms with E-state index in [9.17, 15) is 0 Å². The van der Waals surface area contributed by atoms with Gasteiger partial charge in [0, 0.05) is 28.5 Å². The Morgan fingerprint density at radius 1 is 1.38 bits per heavy atom. The van der Waals surface area contributed by atoms with Crippen LogP contribution in [0.3, 0.4) is 0 Å². The number of rotatable bonds is 6. The number of pyridine rings is 1. The van der Waals surface area contributed by atoms with Gasteiger partial charge in [-0.2, -0.15) is 0 Å². The second kappa shape index (κ2) is 7.78. The largest absolute Gasteiger partial charge is 0.496 e. The second-order valence-corrected chi connectivity index (χ2v) is 5.99. The third kappa shape index (κ3) is 4.19. The van der Waals surface area contributed by atoms with E-state index in [0.29, 0.717) is 5.02 Å². The second-order valence-electron chi connectivity index (χ2n) is 4.67. The van der Waals surface area contributed by atoms with Crippen LogP contribution < -0.4 is 10.1 Å². The standard InChI is InChI=1S/C16H18BrClN2O/c1-3-20-15(8-11-6-7-19-10-14(11)18)13-5-4-12(17)9-16(13)21-2/h4-7,9-10,15,20H,3,8H2,1-2H3. The van der Waals surface area contributed by atoms with Gasteiger partial charge >= 0.3 is 0 Å². The Morgan fingerprint density at radius 2 is 2.19 bits per heavy atom. The molecule has 1 unspecified atom stereocenters. The van der Waals surface area contributed by atoms with Crippen molar-refractivity contribution < 1.29 is 4.74 Å². The molecule has 0 bridgehead atoms. The lowest BCUT2D eigenvalue weighted by molar-refractivity contribution is 0.399. The van der Waals surface area contributed by atoms with Crippen LogP contribution in [0.15, 0.2) is 41.1 Å². The first-order chi connectivity index (χ1) is 10.2. The Bertz CT molecular complexity index is 607. The van der Waals surface area contributed by atoms with Crippen LogP contribution >= 0.6 is 27.5 Å². The predicted octanol–water partition coefficient (Wildman–Crippen LogP) is 4.40. The molecule has 0 saturated carbocycles. The molecule has 1 atom stereocenters. The first-order valence-corrected chi connectivity index (χ1v) is 7.98. The summed E-state index contributed by atoms with van der Waals surface area (Å²) in [6.45, 7) is 2.96. The first-order valence-electron chi connectivity index (χ1n) is 6.81. The van der Waals surface area contributed by atoms with Gasteiger partial charge in [-0.25, -0.2) is 0 Å². The highest BCUT2D eigenvalue weighted by Gasteiger charge is 2.17. The Balaban J connectivity index is 2.33. The highest BCUT2D eigenvalue weighted by molar-refractivity contribution is 9.10. The lowest BCUT2D eigenvalue weighted by Crippen LogP contribution is -2.23. The van der Waals surface area contributed by atoms with Gasteiger partial charge in [-0.3, -0.25) is 4.98 Å².